The lowest BCUT2D eigenvalue weighted by Gasteiger charge is -2.15. The maximum Gasteiger partial charge on any atom is 0.251 e. The quantitative estimate of drug-likeness (QED) is 0.494. The molecular weight excluding hydrogens is 300 g/mol. The highest BCUT2D eigenvalue weighted by Gasteiger charge is 2.13. The summed E-state index contributed by atoms with van der Waals surface area (Å²) in [7, 11) is 0. The lowest BCUT2D eigenvalue weighted by Crippen LogP contribution is -2.29. The molecule has 0 saturated heterocycles. The van der Waals surface area contributed by atoms with Crippen molar-refractivity contribution >= 4 is 24.0 Å². The number of halogens is 1. The molecule has 0 radical (unpaired) electrons. The van der Waals surface area contributed by atoms with Crippen LogP contribution in [0.15, 0.2) is 18.2 Å². The van der Waals surface area contributed by atoms with Gasteiger partial charge in [-0.1, -0.05) is 31.7 Å². The summed E-state index contributed by atoms with van der Waals surface area (Å²) in [5, 5.41) is 2.90. The minimum atomic E-state index is -0.0794. The SMILES string of the molecule is Cc1ccc(N)cc1C(=O)NCCOC1CCCCCC1.Cl. The summed E-state index contributed by atoms with van der Waals surface area (Å²) < 4.78 is 5.86. The van der Waals surface area contributed by atoms with Crippen LogP contribution in [0.25, 0.3) is 0 Å². The molecule has 124 valence electrons. The van der Waals surface area contributed by atoms with Crippen LogP contribution in [0, 0.1) is 6.92 Å². The van der Waals surface area contributed by atoms with Crippen LogP contribution >= 0.6 is 12.4 Å². The number of ether oxygens (including phenoxy) is 1. The second kappa shape index (κ2) is 9.70. The first kappa shape index (κ1) is 18.8. The molecular formula is C17H27ClN2O2. The molecule has 1 aliphatic carbocycles. The topological polar surface area (TPSA) is 64.4 Å². The molecule has 1 saturated carbocycles. The fourth-order valence-corrected chi connectivity index (χ4v) is 2.78. The zero-order valence-corrected chi connectivity index (χ0v) is 14.1. The number of hydrogen-bond acceptors (Lipinski definition) is 3. The molecule has 1 amide bonds. The first-order valence-corrected chi connectivity index (χ1v) is 7.93. The van der Waals surface area contributed by atoms with Gasteiger partial charge in [-0.2, -0.15) is 0 Å². The van der Waals surface area contributed by atoms with Gasteiger partial charge >= 0.3 is 0 Å². The highest BCUT2D eigenvalue weighted by atomic mass is 35.5. The highest BCUT2D eigenvalue weighted by Crippen LogP contribution is 2.19. The minimum Gasteiger partial charge on any atom is -0.399 e. The molecule has 1 aromatic rings. The number of anilines is 1. The second-order valence-corrected chi connectivity index (χ2v) is 5.81. The molecule has 22 heavy (non-hydrogen) atoms. The molecule has 0 atom stereocenters. The van der Waals surface area contributed by atoms with Crippen molar-refractivity contribution in [2.24, 2.45) is 0 Å². The Morgan fingerprint density at radius 1 is 1.27 bits per heavy atom. The number of nitrogen functional groups attached to an aromatic ring is 1. The van der Waals surface area contributed by atoms with Gasteiger partial charge in [0, 0.05) is 17.8 Å². The van der Waals surface area contributed by atoms with Gasteiger partial charge in [0.25, 0.3) is 5.91 Å². The van der Waals surface area contributed by atoms with E-state index < -0.39 is 0 Å². The van der Waals surface area contributed by atoms with Crippen molar-refractivity contribution in [2.45, 2.75) is 51.6 Å². The van der Waals surface area contributed by atoms with E-state index in [0.29, 0.717) is 30.5 Å². The van der Waals surface area contributed by atoms with E-state index in [1.54, 1.807) is 12.1 Å². The van der Waals surface area contributed by atoms with Crippen molar-refractivity contribution in [3.05, 3.63) is 29.3 Å². The third-order valence-electron chi connectivity index (χ3n) is 4.05. The van der Waals surface area contributed by atoms with E-state index in [2.05, 4.69) is 5.32 Å². The van der Waals surface area contributed by atoms with Crippen LogP contribution in [0.1, 0.15) is 54.4 Å². The van der Waals surface area contributed by atoms with E-state index in [9.17, 15) is 4.79 Å². The standard InChI is InChI=1S/C17H26N2O2.ClH/c1-13-8-9-14(18)12-16(13)17(20)19-10-11-21-15-6-4-2-3-5-7-15;/h8-9,12,15H,2-7,10-11,18H2,1H3,(H,19,20);1H. The van der Waals surface area contributed by atoms with Gasteiger partial charge in [0.2, 0.25) is 0 Å². The Labute approximate surface area is 139 Å². The number of benzene rings is 1. The lowest BCUT2D eigenvalue weighted by molar-refractivity contribution is 0.0442. The van der Waals surface area contributed by atoms with Crippen LogP contribution in [0.4, 0.5) is 5.69 Å². The largest absolute Gasteiger partial charge is 0.399 e. The van der Waals surface area contributed by atoms with Crippen molar-refractivity contribution in [3.63, 3.8) is 0 Å². The van der Waals surface area contributed by atoms with Gasteiger partial charge in [0.05, 0.1) is 12.7 Å². The highest BCUT2D eigenvalue weighted by molar-refractivity contribution is 5.96. The number of amides is 1. The number of nitrogens with one attached hydrogen (secondary N) is 1. The molecule has 0 aromatic heterocycles. The van der Waals surface area contributed by atoms with Crippen molar-refractivity contribution in [3.8, 4) is 0 Å². The van der Waals surface area contributed by atoms with Gasteiger partial charge in [0.1, 0.15) is 0 Å². The van der Waals surface area contributed by atoms with Crippen LogP contribution in [0.5, 0.6) is 0 Å². The summed E-state index contributed by atoms with van der Waals surface area (Å²) in [5.74, 6) is -0.0794. The van der Waals surface area contributed by atoms with Gasteiger partial charge in [-0.05, 0) is 37.5 Å². The Morgan fingerprint density at radius 2 is 1.95 bits per heavy atom. The van der Waals surface area contributed by atoms with Gasteiger partial charge in [0.15, 0.2) is 0 Å². The fourth-order valence-electron chi connectivity index (χ4n) is 2.78. The molecule has 2 rings (SSSR count). The second-order valence-electron chi connectivity index (χ2n) is 5.81. The minimum absolute atomic E-state index is 0. The molecule has 4 nitrogen and oxygen atoms in total. The molecule has 3 N–H and O–H groups in total. The van der Waals surface area contributed by atoms with Crippen LogP contribution in [0.3, 0.4) is 0 Å². The summed E-state index contributed by atoms with van der Waals surface area (Å²) in [4.78, 5) is 12.1. The number of rotatable bonds is 5. The Morgan fingerprint density at radius 3 is 2.64 bits per heavy atom. The summed E-state index contributed by atoms with van der Waals surface area (Å²) >= 11 is 0. The molecule has 5 heteroatoms. The first-order valence-electron chi connectivity index (χ1n) is 7.93. The number of hydrogen-bond donors (Lipinski definition) is 2. The summed E-state index contributed by atoms with van der Waals surface area (Å²) in [6, 6.07) is 5.39. The van der Waals surface area contributed by atoms with Crippen molar-refractivity contribution in [1.29, 1.82) is 0 Å². The summed E-state index contributed by atoms with van der Waals surface area (Å²) in [6.45, 7) is 3.04. The lowest BCUT2D eigenvalue weighted by atomic mass is 10.1. The number of aryl methyl sites for hydroxylation is 1. The molecule has 0 spiro atoms. The van der Waals surface area contributed by atoms with E-state index >= 15 is 0 Å². The zero-order chi connectivity index (χ0) is 15.1. The predicted molar refractivity (Wildman–Crippen MR) is 92.6 cm³/mol. The molecule has 0 bridgehead atoms. The molecule has 1 aromatic carbocycles. The molecule has 1 aliphatic rings. The van der Waals surface area contributed by atoms with E-state index in [1.807, 2.05) is 13.0 Å². The van der Waals surface area contributed by atoms with E-state index in [0.717, 1.165) is 18.4 Å². The smallest absolute Gasteiger partial charge is 0.251 e. The predicted octanol–water partition coefficient (Wildman–Crippen LogP) is 3.47. The van der Waals surface area contributed by atoms with Crippen molar-refractivity contribution in [2.75, 3.05) is 18.9 Å². The average Bonchev–Trinajstić information content (AvgIpc) is 2.74. The average molecular weight is 327 g/mol. The third kappa shape index (κ3) is 5.85. The monoisotopic (exact) mass is 326 g/mol. The summed E-state index contributed by atoms with van der Waals surface area (Å²) in [5.41, 5.74) is 7.92. The summed E-state index contributed by atoms with van der Waals surface area (Å²) in [6.07, 6.45) is 7.86. The zero-order valence-electron chi connectivity index (χ0n) is 13.3. The van der Waals surface area contributed by atoms with E-state index in [4.69, 9.17) is 10.5 Å². The first-order chi connectivity index (χ1) is 10.2. The van der Waals surface area contributed by atoms with Crippen LogP contribution < -0.4 is 11.1 Å². The van der Waals surface area contributed by atoms with Gasteiger partial charge in [-0.25, -0.2) is 0 Å². The maximum atomic E-state index is 12.1. The van der Waals surface area contributed by atoms with Gasteiger partial charge < -0.3 is 15.8 Å². The number of nitrogens with two attached hydrogens (primary N) is 1. The van der Waals surface area contributed by atoms with Gasteiger partial charge in [-0.3, -0.25) is 4.79 Å². The Hall–Kier alpha value is -1.26. The normalized spacial score (nSPS) is 15.7. The van der Waals surface area contributed by atoms with Crippen LogP contribution in [-0.4, -0.2) is 25.2 Å². The Kier molecular flexibility index (Phi) is 8.28. The van der Waals surface area contributed by atoms with E-state index in [-0.39, 0.29) is 18.3 Å². The number of carbonyl (C=O) groups excluding carboxylic acids is 1. The molecule has 1 fully saturated rings. The molecule has 0 aliphatic heterocycles. The van der Waals surface area contributed by atoms with Crippen LogP contribution in [0.2, 0.25) is 0 Å². The molecule has 0 heterocycles. The van der Waals surface area contributed by atoms with Crippen molar-refractivity contribution in [1.82, 2.24) is 5.32 Å². The fraction of sp³-hybridized carbons (Fsp3) is 0.588. The van der Waals surface area contributed by atoms with Crippen LogP contribution in [-0.2, 0) is 4.74 Å². The van der Waals surface area contributed by atoms with Gasteiger partial charge in [-0.15, -0.1) is 12.4 Å². The Balaban J connectivity index is 0.00000242. The van der Waals surface area contributed by atoms with E-state index in [1.165, 1.54) is 25.7 Å². The third-order valence-corrected chi connectivity index (χ3v) is 4.05. The maximum absolute atomic E-state index is 12.1. The number of carbonyl (C=O) groups is 1. The Bertz CT molecular complexity index is 472. The van der Waals surface area contributed by atoms with Crippen molar-refractivity contribution < 1.29 is 9.53 Å². The molecule has 0 unspecified atom stereocenters.